The first-order chi connectivity index (χ1) is 11.2. The molecule has 2 N–H and O–H groups in total. The van der Waals surface area contributed by atoms with Gasteiger partial charge in [-0.3, -0.25) is 4.99 Å². The van der Waals surface area contributed by atoms with Crippen molar-refractivity contribution in [3.8, 4) is 0 Å². The molecule has 0 atom stereocenters. The van der Waals surface area contributed by atoms with Crippen molar-refractivity contribution in [2.24, 2.45) is 4.99 Å². The third-order valence-corrected chi connectivity index (χ3v) is 3.93. The fraction of sp³-hybridized carbons (Fsp3) is 0.812. The largest absolute Gasteiger partial charge is 0.357 e. The van der Waals surface area contributed by atoms with Crippen molar-refractivity contribution in [1.29, 1.82) is 0 Å². The third kappa shape index (κ3) is 8.83. The Bertz CT molecular complexity index is 447. The van der Waals surface area contributed by atoms with E-state index in [1.54, 1.807) is 0 Å². The highest BCUT2D eigenvalue weighted by atomic mass is 32.2. The summed E-state index contributed by atoms with van der Waals surface area (Å²) in [6.45, 7) is 8.79. The van der Waals surface area contributed by atoms with Gasteiger partial charge in [-0.1, -0.05) is 19.0 Å². The number of hydrogen-bond acceptors (Lipinski definition) is 5. The van der Waals surface area contributed by atoms with Gasteiger partial charge in [0.15, 0.2) is 11.8 Å². The summed E-state index contributed by atoms with van der Waals surface area (Å²) in [6, 6.07) is 0. The molecule has 0 aliphatic carbocycles. The molecule has 1 rings (SSSR count). The Morgan fingerprint density at radius 3 is 2.74 bits per heavy atom. The molecule has 0 spiro atoms. The highest BCUT2D eigenvalue weighted by Gasteiger charge is 2.08. The number of rotatable bonds is 11. The van der Waals surface area contributed by atoms with Gasteiger partial charge in [0.2, 0.25) is 5.89 Å². The quantitative estimate of drug-likeness (QED) is 0.366. The van der Waals surface area contributed by atoms with Crippen molar-refractivity contribution >= 4 is 17.7 Å². The van der Waals surface area contributed by atoms with Crippen LogP contribution >= 0.6 is 11.8 Å². The summed E-state index contributed by atoms with van der Waals surface area (Å²) >= 11 is 1.90. The lowest BCUT2D eigenvalue weighted by Gasteiger charge is -2.10. The Hall–Kier alpha value is -1.24. The van der Waals surface area contributed by atoms with E-state index in [-0.39, 0.29) is 0 Å². The minimum absolute atomic E-state index is 0.307. The van der Waals surface area contributed by atoms with Crippen LogP contribution in [-0.2, 0) is 6.42 Å². The molecular weight excluding hydrogens is 310 g/mol. The van der Waals surface area contributed by atoms with Gasteiger partial charge >= 0.3 is 0 Å². The average molecular weight is 342 g/mol. The molecule has 6 nitrogen and oxygen atoms in total. The monoisotopic (exact) mass is 341 g/mol. The van der Waals surface area contributed by atoms with Gasteiger partial charge in [0.25, 0.3) is 0 Å². The van der Waals surface area contributed by atoms with E-state index in [4.69, 9.17) is 4.52 Å². The lowest BCUT2D eigenvalue weighted by atomic mass is 10.2. The maximum atomic E-state index is 5.24. The molecule has 1 aromatic heterocycles. The van der Waals surface area contributed by atoms with Crippen LogP contribution in [0.15, 0.2) is 9.52 Å². The normalized spacial score (nSPS) is 12.0. The first-order valence-corrected chi connectivity index (χ1v) is 9.90. The summed E-state index contributed by atoms with van der Waals surface area (Å²) in [6.07, 6.45) is 6.24. The highest BCUT2D eigenvalue weighted by Crippen LogP contribution is 2.10. The van der Waals surface area contributed by atoms with Crippen molar-refractivity contribution in [2.45, 2.75) is 52.4 Å². The fourth-order valence-corrected chi connectivity index (χ4v) is 2.44. The minimum atomic E-state index is 0.307. The Kier molecular flexibility index (Phi) is 10.5. The molecule has 1 heterocycles. The molecule has 0 unspecified atom stereocenters. The van der Waals surface area contributed by atoms with Crippen LogP contribution in [0.25, 0.3) is 0 Å². The molecule has 0 saturated carbocycles. The Labute approximate surface area is 144 Å². The smallest absolute Gasteiger partial charge is 0.226 e. The van der Waals surface area contributed by atoms with E-state index in [0.29, 0.717) is 11.8 Å². The van der Waals surface area contributed by atoms with Crippen molar-refractivity contribution < 1.29 is 4.52 Å². The summed E-state index contributed by atoms with van der Waals surface area (Å²) in [4.78, 5) is 8.97. The van der Waals surface area contributed by atoms with Crippen LogP contribution in [0, 0.1) is 0 Å². The first kappa shape index (κ1) is 19.8. The maximum absolute atomic E-state index is 5.24. The van der Waals surface area contributed by atoms with Gasteiger partial charge in [-0.2, -0.15) is 16.7 Å². The van der Waals surface area contributed by atoms with E-state index < -0.39 is 0 Å². The summed E-state index contributed by atoms with van der Waals surface area (Å²) in [5.41, 5.74) is 0. The molecule has 0 radical (unpaired) electrons. The van der Waals surface area contributed by atoms with Gasteiger partial charge in [0.1, 0.15) is 0 Å². The van der Waals surface area contributed by atoms with E-state index in [0.717, 1.165) is 44.3 Å². The van der Waals surface area contributed by atoms with Crippen molar-refractivity contribution in [1.82, 2.24) is 20.8 Å². The Morgan fingerprint density at radius 2 is 2.09 bits per heavy atom. The van der Waals surface area contributed by atoms with Gasteiger partial charge in [-0.05, 0) is 38.2 Å². The number of guanidine groups is 1. The lowest BCUT2D eigenvalue weighted by molar-refractivity contribution is 0.369. The van der Waals surface area contributed by atoms with Crippen LogP contribution in [0.5, 0.6) is 0 Å². The van der Waals surface area contributed by atoms with E-state index in [2.05, 4.69) is 52.8 Å². The molecule has 0 aliphatic rings. The van der Waals surface area contributed by atoms with Crippen LogP contribution in [0.2, 0.25) is 0 Å². The molecule has 1 aromatic rings. The van der Waals surface area contributed by atoms with E-state index in [9.17, 15) is 0 Å². The summed E-state index contributed by atoms with van der Waals surface area (Å²) in [5, 5.41) is 10.6. The minimum Gasteiger partial charge on any atom is -0.357 e. The summed E-state index contributed by atoms with van der Waals surface area (Å²) in [7, 11) is 0. The Morgan fingerprint density at radius 1 is 1.26 bits per heavy atom. The zero-order valence-electron chi connectivity index (χ0n) is 14.9. The molecule has 0 fully saturated rings. The molecular formula is C16H31N5OS. The van der Waals surface area contributed by atoms with E-state index >= 15 is 0 Å². The molecule has 23 heavy (non-hydrogen) atoms. The van der Waals surface area contributed by atoms with Crippen LogP contribution < -0.4 is 10.6 Å². The highest BCUT2D eigenvalue weighted by molar-refractivity contribution is 7.98. The molecule has 132 valence electrons. The lowest BCUT2D eigenvalue weighted by Crippen LogP contribution is -2.37. The second-order valence-corrected chi connectivity index (χ2v) is 6.68. The average Bonchev–Trinajstić information content (AvgIpc) is 3.00. The number of thioether (sulfide) groups is 1. The van der Waals surface area contributed by atoms with E-state index in [1.807, 2.05) is 11.8 Å². The summed E-state index contributed by atoms with van der Waals surface area (Å²) in [5.74, 6) is 3.91. The van der Waals surface area contributed by atoms with Crippen molar-refractivity contribution in [3.05, 3.63) is 11.7 Å². The van der Waals surface area contributed by atoms with Crippen molar-refractivity contribution in [3.63, 3.8) is 0 Å². The number of unbranched alkanes of at least 4 members (excludes halogenated alkanes) is 1. The fourth-order valence-electron chi connectivity index (χ4n) is 1.95. The van der Waals surface area contributed by atoms with Gasteiger partial charge in [-0.15, -0.1) is 0 Å². The topological polar surface area (TPSA) is 75.3 Å². The second-order valence-electron chi connectivity index (χ2n) is 5.69. The number of aryl methyl sites for hydroxylation is 1. The van der Waals surface area contributed by atoms with Crippen LogP contribution in [0.3, 0.4) is 0 Å². The van der Waals surface area contributed by atoms with Crippen LogP contribution in [0.4, 0.5) is 0 Å². The maximum Gasteiger partial charge on any atom is 0.226 e. The summed E-state index contributed by atoms with van der Waals surface area (Å²) < 4.78 is 5.24. The van der Waals surface area contributed by atoms with Gasteiger partial charge in [-0.25, -0.2) is 0 Å². The zero-order chi connectivity index (χ0) is 16.9. The molecule has 0 aromatic carbocycles. The molecule has 0 bridgehead atoms. The number of hydrogen-bond donors (Lipinski definition) is 2. The molecule has 0 amide bonds. The third-order valence-electron chi connectivity index (χ3n) is 3.23. The molecule has 0 aliphatic heterocycles. The zero-order valence-corrected chi connectivity index (χ0v) is 15.7. The number of nitrogens with one attached hydrogen (secondary N) is 2. The molecule has 0 saturated heterocycles. The number of aliphatic imine (C=N–C) groups is 1. The van der Waals surface area contributed by atoms with Gasteiger partial charge in [0, 0.05) is 32.0 Å². The predicted molar refractivity (Wildman–Crippen MR) is 98.3 cm³/mol. The van der Waals surface area contributed by atoms with Crippen LogP contribution in [-0.4, -0.2) is 47.7 Å². The Balaban J connectivity index is 2.27. The second kappa shape index (κ2) is 12.2. The van der Waals surface area contributed by atoms with E-state index in [1.165, 1.54) is 18.6 Å². The van der Waals surface area contributed by atoms with Gasteiger partial charge < -0.3 is 15.2 Å². The number of aromatic nitrogens is 2. The van der Waals surface area contributed by atoms with Crippen LogP contribution in [0.1, 0.15) is 57.7 Å². The molecule has 7 heteroatoms. The SMILES string of the molecule is CCNC(=NCCCc1nc(C(C)C)no1)NCCCCSC. The first-order valence-electron chi connectivity index (χ1n) is 8.51. The predicted octanol–water partition coefficient (Wildman–Crippen LogP) is 2.82. The van der Waals surface area contributed by atoms with Gasteiger partial charge in [0.05, 0.1) is 0 Å². The van der Waals surface area contributed by atoms with Crippen molar-refractivity contribution in [2.75, 3.05) is 31.6 Å². The standard InChI is InChI=1S/C16H31N5OS/c1-5-17-16(18-10-6-7-12-23-4)19-11-8-9-14-20-15(13(2)3)21-22-14/h13H,5-12H2,1-4H3,(H2,17,18,19). The number of nitrogens with zero attached hydrogens (tertiary/aromatic N) is 3.